The monoisotopic (exact) mass is 323 g/mol. The van der Waals surface area contributed by atoms with Gasteiger partial charge in [-0.05, 0) is 6.07 Å². The van der Waals surface area contributed by atoms with Gasteiger partial charge in [-0.1, -0.05) is 29.3 Å². The Morgan fingerprint density at radius 2 is 1.70 bits per heavy atom. The van der Waals surface area contributed by atoms with Gasteiger partial charge in [-0.2, -0.15) is 0 Å². The molecule has 0 amide bonds. The Balaban J connectivity index is 2.27. The van der Waals surface area contributed by atoms with Gasteiger partial charge in [0, 0.05) is 24.4 Å². The predicted molar refractivity (Wildman–Crippen MR) is 67.5 cm³/mol. The molecule has 0 atom stereocenters. The fourth-order valence-electron chi connectivity index (χ4n) is 1.34. The largest absolute Gasteiger partial charge is 0.573 e. The molecule has 1 aromatic heterocycles. The molecule has 1 aromatic carbocycles. The Kier molecular flexibility index (Phi) is 4.25. The Morgan fingerprint density at radius 1 is 1.05 bits per heavy atom. The molecule has 0 bridgehead atoms. The molecule has 2 aromatic rings. The second kappa shape index (κ2) is 5.76. The third-order valence-electron chi connectivity index (χ3n) is 2.05. The first-order chi connectivity index (χ1) is 9.35. The van der Waals surface area contributed by atoms with E-state index in [1.165, 1.54) is 6.20 Å². The number of rotatable bonds is 3. The maximum Gasteiger partial charge on any atom is 0.573 e. The summed E-state index contributed by atoms with van der Waals surface area (Å²) in [6.45, 7) is 0. The zero-order valence-electron chi connectivity index (χ0n) is 9.62. The van der Waals surface area contributed by atoms with Gasteiger partial charge in [-0.3, -0.25) is 0 Å². The van der Waals surface area contributed by atoms with E-state index in [1.54, 1.807) is 18.2 Å². The zero-order valence-corrected chi connectivity index (χ0v) is 11.1. The molecule has 0 aliphatic rings. The van der Waals surface area contributed by atoms with Crippen molar-refractivity contribution in [1.29, 1.82) is 0 Å². The molecule has 0 saturated carbocycles. The topological polar surface area (TPSA) is 31.4 Å². The minimum atomic E-state index is -4.82. The van der Waals surface area contributed by atoms with Crippen LogP contribution in [-0.2, 0) is 0 Å². The van der Waals surface area contributed by atoms with Crippen molar-refractivity contribution in [2.24, 2.45) is 0 Å². The highest BCUT2D eigenvalue weighted by Gasteiger charge is 2.31. The van der Waals surface area contributed by atoms with Gasteiger partial charge in [-0.15, -0.1) is 13.2 Å². The first-order valence-electron chi connectivity index (χ1n) is 5.19. The van der Waals surface area contributed by atoms with Crippen LogP contribution in [-0.4, -0.2) is 11.3 Å². The van der Waals surface area contributed by atoms with Gasteiger partial charge in [0.05, 0.1) is 10.0 Å². The van der Waals surface area contributed by atoms with Crippen LogP contribution >= 0.6 is 23.2 Å². The van der Waals surface area contributed by atoms with E-state index in [0.29, 0.717) is 0 Å². The lowest BCUT2D eigenvalue weighted by atomic mass is 10.3. The summed E-state index contributed by atoms with van der Waals surface area (Å²) in [7, 11) is 0. The van der Waals surface area contributed by atoms with Crippen LogP contribution in [0.2, 0.25) is 10.0 Å². The van der Waals surface area contributed by atoms with Gasteiger partial charge in [0.25, 0.3) is 0 Å². The van der Waals surface area contributed by atoms with Crippen molar-refractivity contribution in [3.63, 3.8) is 0 Å². The van der Waals surface area contributed by atoms with Crippen LogP contribution in [0.1, 0.15) is 0 Å². The lowest BCUT2D eigenvalue weighted by molar-refractivity contribution is -0.274. The molecule has 0 spiro atoms. The Labute approximate surface area is 121 Å². The smallest absolute Gasteiger partial charge is 0.436 e. The van der Waals surface area contributed by atoms with Crippen molar-refractivity contribution in [2.45, 2.75) is 6.36 Å². The molecule has 0 radical (unpaired) electrons. The number of hydrogen-bond acceptors (Lipinski definition) is 3. The molecule has 0 saturated heterocycles. The van der Waals surface area contributed by atoms with E-state index in [9.17, 15) is 13.2 Å². The van der Waals surface area contributed by atoms with Crippen LogP contribution in [0, 0.1) is 0 Å². The SMILES string of the molecule is FC(F)(F)Oc1cc(Cl)c(Oc2ccccn2)c(Cl)c1. The molecule has 0 N–H and O–H groups in total. The molecule has 0 aliphatic carbocycles. The number of alkyl halides is 3. The van der Waals surface area contributed by atoms with E-state index < -0.39 is 12.1 Å². The summed E-state index contributed by atoms with van der Waals surface area (Å²) < 4.78 is 45.3. The molecular weight excluding hydrogens is 318 g/mol. The van der Waals surface area contributed by atoms with Gasteiger partial charge in [0.1, 0.15) is 5.75 Å². The number of halogens is 5. The average Bonchev–Trinajstić information content (AvgIpc) is 2.33. The van der Waals surface area contributed by atoms with Crippen molar-refractivity contribution < 1.29 is 22.6 Å². The first kappa shape index (κ1) is 14.7. The third-order valence-corrected chi connectivity index (χ3v) is 2.61. The molecule has 0 fully saturated rings. The van der Waals surface area contributed by atoms with Gasteiger partial charge in [0.15, 0.2) is 5.75 Å². The standard InChI is InChI=1S/C12H6Cl2F3NO2/c13-8-5-7(20-12(15,16)17)6-9(14)11(8)19-10-3-1-2-4-18-10/h1-6H. The first-order valence-corrected chi connectivity index (χ1v) is 5.94. The van der Waals surface area contributed by atoms with Crippen molar-refractivity contribution in [2.75, 3.05) is 0 Å². The number of nitrogens with zero attached hydrogens (tertiary/aromatic N) is 1. The van der Waals surface area contributed by atoms with Crippen molar-refractivity contribution in [3.05, 3.63) is 46.6 Å². The van der Waals surface area contributed by atoms with E-state index in [0.717, 1.165) is 12.1 Å². The van der Waals surface area contributed by atoms with Gasteiger partial charge >= 0.3 is 6.36 Å². The fraction of sp³-hybridized carbons (Fsp3) is 0.0833. The second-order valence-electron chi connectivity index (χ2n) is 3.53. The van der Waals surface area contributed by atoms with Crippen LogP contribution in [0.3, 0.4) is 0 Å². The van der Waals surface area contributed by atoms with E-state index in [2.05, 4.69) is 9.72 Å². The molecule has 3 nitrogen and oxygen atoms in total. The summed E-state index contributed by atoms with van der Waals surface area (Å²) in [5, 5.41) is -0.246. The van der Waals surface area contributed by atoms with Crippen LogP contribution < -0.4 is 9.47 Å². The predicted octanol–water partition coefficient (Wildman–Crippen LogP) is 5.08. The highest BCUT2D eigenvalue weighted by Crippen LogP contribution is 2.40. The summed E-state index contributed by atoms with van der Waals surface area (Å²) in [5.74, 6) is -0.316. The highest BCUT2D eigenvalue weighted by molar-refractivity contribution is 6.37. The summed E-state index contributed by atoms with van der Waals surface area (Å²) in [6.07, 6.45) is -3.34. The summed E-state index contributed by atoms with van der Waals surface area (Å²) in [6, 6.07) is 6.81. The average molecular weight is 324 g/mol. The normalized spacial score (nSPS) is 11.2. The molecule has 106 valence electrons. The van der Waals surface area contributed by atoms with E-state index in [1.807, 2.05) is 0 Å². The van der Waals surface area contributed by atoms with Gasteiger partial charge in [-0.25, -0.2) is 4.98 Å². The molecule has 8 heteroatoms. The lowest BCUT2D eigenvalue weighted by Crippen LogP contribution is -2.17. The Bertz CT molecular complexity index is 582. The molecule has 0 unspecified atom stereocenters. The van der Waals surface area contributed by atoms with Crippen LogP contribution in [0.15, 0.2) is 36.5 Å². The summed E-state index contributed by atoms with van der Waals surface area (Å²) >= 11 is 11.7. The molecule has 1 heterocycles. The Morgan fingerprint density at radius 3 is 2.20 bits per heavy atom. The van der Waals surface area contributed by atoms with Crippen molar-refractivity contribution >= 4 is 23.2 Å². The number of ether oxygens (including phenoxy) is 2. The second-order valence-corrected chi connectivity index (χ2v) is 4.35. The van der Waals surface area contributed by atoms with E-state index >= 15 is 0 Å². The maximum absolute atomic E-state index is 12.1. The number of aromatic nitrogens is 1. The Hall–Kier alpha value is -1.66. The highest BCUT2D eigenvalue weighted by atomic mass is 35.5. The number of hydrogen-bond donors (Lipinski definition) is 0. The minimum absolute atomic E-state index is 0.00144. The zero-order chi connectivity index (χ0) is 14.8. The van der Waals surface area contributed by atoms with Gasteiger partial charge in [0.2, 0.25) is 5.88 Å². The molecule has 2 rings (SSSR count). The van der Waals surface area contributed by atoms with Crippen LogP contribution in [0.4, 0.5) is 13.2 Å². The van der Waals surface area contributed by atoms with Crippen LogP contribution in [0.5, 0.6) is 17.4 Å². The number of benzene rings is 1. The summed E-state index contributed by atoms with van der Waals surface area (Å²) in [5.41, 5.74) is 0. The van der Waals surface area contributed by atoms with Crippen molar-refractivity contribution in [3.8, 4) is 17.4 Å². The fourth-order valence-corrected chi connectivity index (χ4v) is 1.88. The third kappa shape index (κ3) is 3.91. The minimum Gasteiger partial charge on any atom is -0.436 e. The van der Waals surface area contributed by atoms with Crippen molar-refractivity contribution in [1.82, 2.24) is 4.98 Å². The summed E-state index contributed by atoms with van der Waals surface area (Å²) in [4.78, 5) is 3.89. The molecule has 20 heavy (non-hydrogen) atoms. The quantitative estimate of drug-likeness (QED) is 0.789. The van der Waals surface area contributed by atoms with Gasteiger partial charge < -0.3 is 9.47 Å². The van der Waals surface area contributed by atoms with E-state index in [-0.39, 0.29) is 21.7 Å². The lowest BCUT2D eigenvalue weighted by Gasteiger charge is -2.12. The maximum atomic E-state index is 12.1. The van der Waals surface area contributed by atoms with Crippen LogP contribution in [0.25, 0.3) is 0 Å². The molecule has 0 aliphatic heterocycles. The van der Waals surface area contributed by atoms with E-state index in [4.69, 9.17) is 27.9 Å². The number of pyridine rings is 1. The molecular formula is C12H6Cl2F3NO2.